The zero-order valence-corrected chi connectivity index (χ0v) is 13.4. The lowest BCUT2D eigenvalue weighted by Crippen LogP contribution is -2.30. The van der Waals surface area contributed by atoms with E-state index in [1.165, 1.54) is 0 Å². The van der Waals surface area contributed by atoms with E-state index in [9.17, 15) is 4.79 Å². The van der Waals surface area contributed by atoms with E-state index >= 15 is 0 Å². The van der Waals surface area contributed by atoms with Crippen LogP contribution in [0.2, 0.25) is 0 Å². The Kier molecular flexibility index (Phi) is 5.95. The first kappa shape index (κ1) is 15.7. The predicted molar refractivity (Wildman–Crippen MR) is 86.6 cm³/mol. The van der Waals surface area contributed by atoms with Crippen molar-refractivity contribution in [3.63, 3.8) is 0 Å². The Morgan fingerprint density at radius 3 is 2.90 bits per heavy atom. The number of carbonyl (C=O) groups excluding carboxylic acids is 1. The van der Waals surface area contributed by atoms with Gasteiger partial charge in [-0.1, -0.05) is 19.9 Å². The second kappa shape index (κ2) is 7.95. The van der Waals surface area contributed by atoms with Crippen LogP contribution in [0.4, 0.5) is 0 Å². The second-order valence-electron chi connectivity index (χ2n) is 4.78. The summed E-state index contributed by atoms with van der Waals surface area (Å²) in [5.41, 5.74) is 1.33. The predicted octanol–water partition coefficient (Wildman–Crippen LogP) is 2.60. The van der Waals surface area contributed by atoms with Crippen molar-refractivity contribution < 1.29 is 4.79 Å². The topological polar surface area (TPSA) is 61.0 Å². The summed E-state index contributed by atoms with van der Waals surface area (Å²) in [5, 5.41) is 11.9. The molecule has 0 aromatic carbocycles. The molecule has 0 bridgehead atoms. The average Bonchev–Trinajstić information content (AvgIpc) is 3.17. The molecule has 0 spiro atoms. The van der Waals surface area contributed by atoms with Crippen LogP contribution >= 0.6 is 11.3 Å². The molecule has 0 unspecified atom stereocenters. The largest absolute Gasteiger partial charge is 0.351 e. The highest BCUT2D eigenvalue weighted by Gasteiger charge is 2.11. The third-order valence-electron chi connectivity index (χ3n) is 3.43. The molecule has 21 heavy (non-hydrogen) atoms. The minimum atomic E-state index is -0.117. The number of nitrogens with zero attached hydrogens (tertiary/aromatic N) is 2. The summed E-state index contributed by atoms with van der Waals surface area (Å²) in [4.78, 5) is 15.4. The molecule has 0 aliphatic heterocycles. The summed E-state index contributed by atoms with van der Waals surface area (Å²) in [6.45, 7) is 8.09. The molecule has 0 aliphatic rings. The normalized spacial score (nSPS) is 11.0. The smallest absolute Gasteiger partial charge is 0.271 e. The first-order valence-electron chi connectivity index (χ1n) is 7.34. The van der Waals surface area contributed by atoms with Crippen LogP contribution in [0, 0.1) is 0 Å². The van der Waals surface area contributed by atoms with Crippen molar-refractivity contribution in [1.82, 2.24) is 20.4 Å². The first-order valence-corrected chi connectivity index (χ1v) is 8.22. The second-order valence-corrected chi connectivity index (χ2v) is 5.73. The maximum absolute atomic E-state index is 12.0. The summed E-state index contributed by atoms with van der Waals surface area (Å²) < 4.78 is 0. The van der Waals surface area contributed by atoms with E-state index in [4.69, 9.17) is 0 Å². The molecule has 2 aromatic rings. The molecule has 1 amide bonds. The van der Waals surface area contributed by atoms with Gasteiger partial charge >= 0.3 is 0 Å². The van der Waals surface area contributed by atoms with Crippen molar-refractivity contribution in [3.05, 3.63) is 29.3 Å². The number of thiophene rings is 1. The van der Waals surface area contributed by atoms with Gasteiger partial charge in [0.25, 0.3) is 5.91 Å². The van der Waals surface area contributed by atoms with Crippen LogP contribution in [0.25, 0.3) is 10.6 Å². The van der Waals surface area contributed by atoms with Crippen molar-refractivity contribution in [3.8, 4) is 10.6 Å². The maximum atomic E-state index is 12.0. The Bertz CT molecular complexity index is 546. The highest BCUT2D eigenvalue weighted by atomic mass is 32.1. The molecule has 0 aliphatic carbocycles. The zero-order valence-electron chi connectivity index (χ0n) is 12.6. The van der Waals surface area contributed by atoms with Crippen molar-refractivity contribution in [2.75, 3.05) is 26.2 Å². The van der Waals surface area contributed by atoms with E-state index in [1.807, 2.05) is 17.5 Å². The molecule has 0 saturated carbocycles. The fourth-order valence-corrected chi connectivity index (χ4v) is 2.82. The summed E-state index contributed by atoms with van der Waals surface area (Å²) in [7, 11) is 0. The molecule has 2 aromatic heterocycles. The van der Waals surface area contributed by atoms with Gasteiger partial charge in [0.15, 0.2) is 5.69 Å². The van der Waals surface area contributed by atoms with Crippen LogP contribution in [-0.4, -0.2) is 47.2 Å². The highest BCUT2D eigenvalue weighted by molar-refractivity contribution is 7.13. The lowest BCUT2D eigenvalue weighted by Gasteiger charge is -2.17. The number of amides is 1. The van der Waals surface area contributed by atoms with Crippen LogP contribution in [0.1, 0.15) is 30.8 Å². The van der Waals surface area contributed by atoms with E-state index < -0.39 is 0 Å². The van der Waals surface area contributed by atoms with Gasteiger partial charge in [0.2, 0.25) is 0 Å². The van der Waals surface area contributed by atoms with Gasteiger partial charge in [-0.3, -0.25) is 9.89 Å². The van der Waals surface area contributed by atoms with Crippen molar-refractivity contribution in [2.24, 2.45) is 0 Å². The highest BCUT2D eigenvalue weighted by Crippen LogP contribution is 2.22. The molecule has 5 nitrogen and oxygen atoms in total. The Balaban J connectivity index is 1.79. The lowest BCUT2D eigenvalue weighted by molar-refractivity contribution is 0.0947. The molecule has 2 N–H and O–H groups in total. The van der Waals surface area contributed by atoms with Gasteiger partial charge in [-0.15, -0.1) is 11.3 Å². The van der Waals surface area contributed by atoms with Gasteiger partial charge in [-0.05, 0) is 43.6 Å². The number of hydrogen-bond donors (Lipinski definition) is 2. The van der Waals surface area contributed by atoms with Crippen LogP contribution in [0.3, 0.4) is 0 Å². The van der Waals surface area contributed by atoms with Gasteiger partial charge in [-0.25, -0.2) is 0 Å². The minimum Gasteiger partial charge on any atom is -0.351 e. The van der Waals surface area contributed by atoms with Crippen molar-refractivity contribution in [2.45, 2.75) is 20.3 Å². The number of aromatic nitrogens is 2. The van der Waals surface area contributed by atoms with Gasteiger partial charge in [-0.2, -0.15) is 5.10 Å². The Morgan fingerprint density at radius 2 is 2.24 bits per heavy atom. The monoisotopic (exact) mass is 306 g/mol. The zero-order chi connectivity index (χ0) is 15.1. The van der Waals surface area contributed by atoms with Crippen LogP contribution in [-0.2, 0) is 0 Å². The molecule has 0 fully saturated rings. The molecule has 0 radical (unpaired) electrons. The minimum absolute atomic E-state index is 0.117. The maximum Gasteiger partial charge on any atom is 0.271 e. The molecule has 2 rings (SSSR count). The molecule has 114 valence electrons. The van der Waals surface area contributed by atoms with E-state index in [1.54, 1.807) is 17.4 Å². The van der Waals surface area contributed by atoms with E-state index in [0.717, 1.165) is 36.6 Å². The van der Waals surface area contributed by atoms with Gasteiger partial charge in [0, 0.05) is 6.54 Å². The van der Waals surface area contributed by atoms with Gasteiger partial charge in [0.1, 0.15) is 0 Å². The third-order valence-corrected chi connectivity index (χ3v) is 4.33. The van der Waals surface area contributed by atoms with Crippen molar-refractivity contribution in [1.29, 1.82) is 0 Å². The number of aromatic amines is 1. The molecule has 0 atom stereocenters. The fourth-order valence-electron chi connectivity index (χ4n) is 2.13. The van der Waals surface area contributed by atoms with Crippen LogP contribution < -0.4 is 5.32 Å². The number of hydrogen-bond acceptors (Lipinski definition) is 4. The quantitative estimate of drug-likeness (QED) is 0.737. The van der Waals surface area contributed by atoms with Crippen LogP contribution in [0.5, 0.6) is 0 Å². The Labute approximate surface area is 129 Å². The average molecular weight is 306 g/mol. The SMILES string of the molecule is CCN(CC)CCCNC(=O)c1cc(-c2cccs2)[nH]n1. The molecular weight excluding hydrogens is 284 g/mol. The summed E-state index contributed by atoms with van der Waals surface area (Å²) in [5.74, 6) is -0.117. The van der Waals surface area contributed by atoms with E-state index in [2.05, 4.69) is 34.3 Å². The van der Waals surface area contributed by atoms with E-state index in [0.29, 0.717) is 12.2 Å². The van der Waals surface area contributed by atoms with Gasteiger partial charge < -0.3 is 10.2 Å². The number of nitrogens with one attached hydrogen (secondary N) is 2. The summed E-state index contributed by atoms with van der Waals surface area (Å²) in [6, 6.07) is 5.78. The summed E-state index contributed by atoms with van der Waals surface area (Å²) in [6.07, 6.45) is 0.954. The number of H-pyrrole nitrogens is 1. The van der Waals surface area contributed by atoms with Crippen molar-refractivity contribution >= 4 is 17.2 Å². The lowest BCUT2D eigenvalue weighted by atomic mass is 10.3. The molecule has 0 saturated heterocycles. The first-order chi connectivity index (χ1) is 10.2. The number of rotatable bonds is 8. The van der Waals surface area contributed by atoms with Gasteiger partial charge in [0.05, 0.1) is 10.6 Å². The number of carbonyl (C=O) groups is 1. The third kappa shape index (κ3) is 4.41. The molecule has 6 heteroatoms. The molecule has 2 heterocycles. The Morgan fingerprint density at radius 1 is 1.43 bits per heavy atom. The Hall–Kier alpha value is -1.66. The summed E-state index contributed by atoms with van der Waals surface area (Å²) >= 11 is 1.62. The van der Waals surface area contributed by atoms with Crippen LogP contribution in [0.15, 0.2) is 23.6 Å². The molecular formula is C15H22N4OS. The van der Waals surface area contributed by atoms with E-state index in [-0.39, 0.29) is 5.91 Å². The fraction of sp³-hybridized carbons (Fsp3) is 0.467. The standard InChI is InChI=1S/C15H22N4OS/c1-3-19(4-2)9-6-8-16-15(20)13-11-12(17-18-13)14-7-5-10-21-14/h5,7,10-11H,3-4,6,8-9H2,1-2H3,(H,16,20)(H,17,18).